The third-order valence-electron chi connectivity index (χ3n) is 6.27. The fraction of sp³-hybridized carbons (Fsp3) is 0.250. The van der Waals surface area contributed by atoms with E-state index < -0.39 is 17.7 Å². The monoisotopic (exact) mass is 533 g/mol. The van der Waals surface area contributed by atoms with E-state index in [1.165, 1.54) is 30.5 Å². The molecule has 1 aliphatic rings. The molecule has 1 fully saturated rings. The van der Waals surface area contributed by atoms with Crippen molar-refractivity contribution in [2.24, 2.45) is 0 Å². The number of amides is 1. The summed E-state index contributed by atoms with van der Waals surface area (Å²) < 4.78 is 16.6. The molecule has 0 radical (unpaired) electrons. The lowest BCUT2D eigenvalue weighted by Gasteiger charge is -2.21. The third kappa shape index (κ3) is 4.26. The maximum atomic E-state index is 13.4. The molecule has 1 unspecified atom stereocenters. The predicted octanol–water partition coefficient (Wildman–Crippen LogP) is 5.36. The van der Waals surface area contributed by atoms with Crippen LogP contribution in [-0.4, -0.2) is 47.1 Å². The minimum absolute atomic E-state index is 0.00926. The standard InChI is InChI=1S/C28H27N3O6S/c1-14(2)37-19-9-8-16(11-15(19)3)25(32)23-24(22-7-6-10-38-22)31(27(34)26(23)33)28-29-17-12-20(35-4)21(36-5)13-18(17)30-28/h6-14,24,32H,1-5H3,(H,29,30)/b25-23+. The molecule has 196 valence electrons. The van der Waals surface area contributed by atoms with Crippen molar-refractivity contribution in [1.29, 1.82) is 0 Å². The minimum atomic E-state index is -0.869. The van der Waals surface area contributed by atoms with Crippen LogP contribution in [0.2, 0.25) is 0 Å². The summed E-state index contributed by atoms with van der Waals surface area (Å²) in [6.45, 7) is 5.72. The van der Waals surface area contributed by atoms with E-state index in [9.17, 15) is 14.7 Å². The zero-order valence-corrected chi connectivity index (χ0v) is 22.4. The first kappa shape index (κ1) is 25.3. The average molecular weight is 534 g/mol. The van der Waals surface area contributed by atoms with Crippen LogP contribution in [0.15, 0.2) is 53.4 Å². The van der Waals surface area contributed by atoms with E-state index in [0.29, 0.717) is 38.7 Å². The lowest BCUT2D eigenvalue weighted by molar-refractivity contribution is -0.132. The molecule has 0 spiro atoms. The van der Waals surface area contributed by atoms with Crippen molar-refractivity contribution in [3.8, 4) is 17.2 Å². The highest BCUT2D eigenvalue weighted by atomic mass is 32.1. The topological polar surface area (TPSA) is 114 Å². The number of aromatic nitrogens is 2. The first-order valence-electron chi connectivity index (χ1n) is 12.0. The number of aliphatic hydroxyl groups excluding tert-OH is 1. The van der Waals surface area contributed by atoms with Gasteiger partial charge in [0.1, 0.15) is 17.6 Å². The minimum Gasteiger partial charge on any atom is -0.507 e. The second kappa shape index (κ2) is 9.86. The van der Waals surface area contributed by atoms with E-state index in [2.05, 4.69) is 9.97 Å². The molecule has 38 heavy (non-hydrogen) atoms. The fourth-order valence-corrected chi connectivity index (χ4v) is 5.37. The van der Waals surface area contributed by atoms with Crippen molar-refractivity contribution in [3.63, 3.8) is 0 Å². The number of Topliss-reactive ketones (excluding diaryl/α,β-unsaturated/α-hetero) is 1. The van der Waals surface area contributed by atoms with Crippen LogP contribution in [0.1, 0.15) is 35.9 Å². The Morgan fingerprint density at radius 1 is 1.08 bits per heavy atom. The van der Waals surface area contributed by atoms with Crippen molar-refractivity contribution >= 4 is 45.8 Å². The number of aryl methyl sites for hydroxylation is 1. The molecule has 2 aromatic heterocycles. The first-order valence-corrected chi connectivity index (χ1v) is 12.8. The van der Waals surface area contributed by atoms with Crippen LogP contribution < -0.4 is 19.1 Å². The van der Waals surface area contributed by atoms with Crippen molar-refractivity contribution < 1.29 is 28.9 Å². The van der Waals surface area contributed by atoms with Gasteiger partial charge >= 0.3 is 5.91 Å². The number of H-pyrrole nitrogens is 1. The summed E-state index contributed by atoms with van der Waals surface area (Å²) in [5, 5.41) is 13.2. The number of ether oxygens (including phenoxy) is 3. The van der Waals surface area contributed by atoms with Crippen LogP contribution >= 0.6 is 11.3 Å². The molecule has 10 heteroatoms. The van der Waals surface area contributed by atoms with Crippen LogP contribution in [0, 0.1) is 6.92 Å². The van der Waals surface area contributed by atoms with Crippen LogP contribution in [0.3, 0.4) is 0 Å². The Bertz CT molecular complexity index is 1530. The molecule has 0 aliphatic carbocycles. The normalized spacial score (nSPS) is 17.0. The molecule has 9 nitrogen and oxygen atoms in total. The number of hydrogen-bond acceptors (Lipinski definition) is 8. The van der Waals surface area contributed by atoms with Crippen LogP contribution in [0.4, 0.5) is 5.95 Å². The molecule has 4 aromatic rings. The van der Waals surface area contributed by atoms with Gasteiger partial charge in [-0.25, -0.2) is 4.98 Å². The second-order valence-corrected chi connectivity index (χ2v) is 10.1. The molecule has 1 aliphatic heterocycles. The molecule has 1 amide bonds. The fourth-order valence-electron chi connectivity index (χ4n) is 4.54. The number of anilines is 1. The van der Waals surface area contributed by atoms with Gasteiger partial charge in [0.15, 0.2) is 11.5 Å². The lowest BCUT2D eigenvalue weighted by atomic mass is 9.99. The second-order valence-electron chi connectivity index (χ2n) is 9.12. The Kier molecular flexibility index (Phi) is 6.58. The van der Waals surface area contributed by atoms with E-state index in [4.69, 9.17) is 14.2 Å². The zero-order chi connectivity index (χ0) is 27.1. The number of ketones is 1. The summed E-state index contributed by atoms with van der Waals surface area (Å²) in [7, 11) is 3.05. The van der Waals surface area contributed by atoms with Crippen LogP contribution in [0.5, 0.6) is 17.2 Å². The van der Waals surface area contributed by atoms with Crippen molar-refractivity contribution in [1.82, 2.24) is 9.97 Å². The van der Waals surface area contributed by atoms with Gasteiger partial charge in [-0.2, -0.15) is 0 Å². The summed E-state index contributed by atoms with van der Waals surface area (Å²) in [5.41, 5.74) is 2.33. The molecule has 5 rings (SSSR count). The summed E-state index contributed by atoms with van der Waals surface area (Å²) in [4.78, 5) is 36.6. The molecule has 1 atom stereocenters. The molecule has 2 aromatic carbocycles. The number of benzene rings is 2. The highest BCUT2D eigenvalue weighted by molar-refractivity contribution is 7.10. The van der Waals surface area contributed by atoms with Crippen molar-refractivity contribution in [2.75, 3.05) is 19.1 Å². The van der Waals surface area contributed by atoms with Gasteiger partial charge in [-0.1, -0.05) is 6.07 Å². The summed E-state index contributed by atoms with van der Waals surface area (Å²) >= 11 is 1.38. The number of rotatable bonds is 7. The Morgan fingerprint density at radius 2 is 1.82 bits per heavy atom. The SMILES string of the molecule is COc1cc2nc(N3C(=O)C(=O)/C(=C(/O)c4ccc(OC(C)C)c(C)c4)C3c3cccs3)[nH]c2cc1OC. The molecule has 3 heterocycles. The zero-order valence-electron chi connectivity index (χ0n) is 21.6. The van der Waals surface area contributed by atoms with Gasteiger partial charge in [0, 0.05) is 22.6 Å². The summed E-state index contributed by atoms with van der Waals surface area (Å²) in [5.74, 6) is -0.0202. The number of aliphatic hydroxyl groups is 1. The average Bonchev–Trinajstić information content (AvgIpc) is 3.62. The third-order valence-corrected chi connectivity index (χ3v) is 7.20. The highest BCUT2D eigenvalue weighted by Crippen LogP contribution is 2.44. The number of methoxy groups -OCH3 is 2. The van der Waals surface area contributed by atoms with Gasteiger partial charge in [0.2, 0.25) is 5.95 Å². The number of nitrogens with one attached hydrogen (secondary N) is 1. The van der Waals surface area contributed by atoms with E-state index in [1.807, 2.05) is 38.3 Å². The maximum Gasteiger partial charge on any atom is 0.302 e. The van der Waals surface area contributed by atoms with E-state index in [1.54, 1.807) is 30.3 Å². The van der Waals surface area contributed by atoms with Gasteiger partial charge in [-0.05, 0) is 56.0 Å². The number of carbonyl (C=O) groups excluding carboxylic acids is 2. The van der Waals surface area contributed by atoms with Crippen molar-refractivity contribution in [3.05, 3.63) is 69.4 Å². The number of imidazole rings is 1. The van der Waals surface area contributed by atoms with E-state index >= 15 is 0 Å². The van der Waals surface area contributed by atoms with Gasteiger partial charge < -0.3 is 24.3 Å². The number of nitrogens with zero attached hydrogens (tertiary/aromatic N) is 2. The number of fused-ring (bicyclic) bond motifs is 1. The Labute approximate surface area is 223 Å². The quantitative estimate of drug-likeness (QED) is 0.187. The Balaban J connectivity index is 1.65. The number of aromatic amines is 1. The number of carbonyl (C=O) groups is 2. The van der Waals surface area contributed by atoms with Gasteiger partial charge in [-0.3, -0.25) is 14.5 Å². The summed E-state index contributed by atoms with van der Waals surface area (Å²) in [6.07, 6.45) is -0.0129. The Hall–Kier alpha value is -4.31. The number of thiophene rings is 1. The maximum absolute atomic E-state index is 13.4. The van der Waals surface area contributed by atoms with Gasteiger partial charge in [-0.15, -0.1) is 11.3 Å². The van der Waals surface area contributed by atoms with E-state index in [-0.39, 0.29) is 23.4 Å². The largest absolute Gasteiger partial charge is 0.507 e. The molecule has 0 saturated carbocycles. The molecule has 2 N–H and O–H groups in total. The van der Waals surface area contributed by atoms with Crippen LogP contribution in [0.25, 0.3) is 16.8 Å². The van der Waals surface area contributed by atoms with Gasteiger partial charge in [0.25, 0.3) is 5.78 Å². The smallest absolute Gasteiger partial charge is 0.302 e. The predicted molar refractivity (Wildman–Crippen MR) is 145 cm³/mol. The summed E-state index contributed by atoms with van der Waals surface area (Å²) in [6, 6.07) is 11.4. The van der Waals surface area contributed by atoms with Crippen LogP contribution in [-0.2, 0) is 9.59 Å². The molecular formula is C28H27N3O6S. The van der Waals surface area contributed by atoms with Crippen molar-refractivity contribution in [2.45, 2.75) is 32.9 Å². The van der Waals surface area contributed by atoms with E-state index in [0.717, 1.165) is 5.56 Å². The van der Waals surface area contributed by atoms with Gasteiger partial charge in [0.05, 0.1) is 36.9 Å². The lowest BCUT2D eigenvalue weighted by Crippen LogP contribution is -2.30. The molecular weight excluding hydrogens is 506 g/mol. The number of hydrogen-bond donors (Lipinski definition) is 2. The Morgan fingerprint density at radius 3 is 2.45 bits per heavy atom. The molecule has 1 saturated heterocycles. The molecule has 0 bridgehead atoms. The first-order chi connectivity index (χ1) is 18.2. The highest BCUT2D eigenvalue weighted by Gasteiger charge is 2.48.